The largest absolute Gasteiger partial charge is 0.550 e. The Labute approximate surface area is 147 Å². The number of aromatic nitrogens is 2. The number of hydrogen-bond donors (Lipinski definition) is 0. The van der Waals surface area contributed by atoms with Crippen LogP contribution in [0.15, 0.2) is 45.7 Å². The lowest BCUT2D eigenvalue weighted by Gasteiger charge is -2.15. The van der Waals surface area contributed by atoms with E-state index in [1.165, 1.54) is 16.7 Å². The summed E-state index contributed by atoms with van der Waals surface area (Å²) < 4.78 is 12.2. The first-order valence-electron chi connectivity index (χ1n) is 7.56. The van der Waals surface area contributed by atoms with Gasteiger partial charge in [-0.1, -0.05) is 17.7 Å². The third-order valence-corrected chi connectivity index (χ3v) is 3.96. The molecule has 0 bridgehead atoms. The number of nitrogens with zero attached hydrogens (tertiary/aromatic N) is 2. The fourth-order valence-electron chi connectivity index (χ4n) is 2.44. The van der Waals surface area contributed by atoms with Gasteiger partial charge in [0.1, 0.15) is 11.9 Å². The normalized spacial score (nSPS) is 12.2. The molecule has 1 aromatic carbocycles. The molecule has 0 saturated carbocycles. The monoisotopic (exact) mass is 361 g/mol. The molecule has 1 atom stereocenters. The molecule has 3 aromatic rings. The zero-order valence-electron chi connectivity index (χ0n) is 13.3. The molecule has 2 heterocycles. The summed E-state index contributed by atoms with van der Waals surface area (Å²) in [7, 11) is 0. The van der Waals surface area contributed by atoms with Gasteiger partial charge in [-0.25, -0.2) is 4.79 Å². The first kappa shape index (κ1) is 17.0. The van der Waals surface area contributed by atoms with Gasteiger partial charge in [0.05, 0.1) is 16.2 Å². The van der Waals surface area contributed by atoms with E-state index in [1.54, 1.807) is 12.3 Å². The average Bonchev–Trinajstić information content (AvgIpc) is 2.88. The van der Waals surface area contributed by atoms with Crippen LogP contribution in [0.5, 0.6) is 5.75 Å². The van der Waals surface area contributed by atoms with Crippen LogP contribution in [0.2, 0.25) is 5.02 Å². The molecule has 0 amide bonds. The van der Waals surface area contributed by atoms with E-state index in [0.29, 0.717) is 11.3 Å². The Kier molecular flexibility index (Phi) is 4.76. The standard InChI is InChI=1S/C17H15ClN2O5/c1-10(12-4-2-3-6-19-12)24-14-9-15-13(8-11(14)18)20(17(23)25-15)7-5-16(21)22/h2-4,6,8-10H,5,7H2,1H3,(H,21,22)/p-1/t10-/m1/s1. The van der Waals surface area contributed by atoms with E-state index in [2.05, 4.69) is 4.98 Å². The molecule has 2 aromatic heterocycles. The predicted octanol–water partition coefficient (Wildman–Crippen LogP) is 1.92. The zero-order chi connectivity index (χ0) is 18.0. The second-order valence-electron chi connectivity index (χ2n) is 5.41. The zero-order valence-corrected chi connectivity index (χ0v) is 14.0. The topological polar surface area (TPSA) is 97.4 Å². The van der Waals surface area contributed by atoms with Crippen LogP contribution in [0.1, 0.15) is 25.1 Å². The molecule has 0 aliphatic heterocycles. The third-order valence-electron chi connectivity index (χ3n) is 3.67. The molecular formula is C17H14ClN2O5-. The minimum atomic E-state index is -1.25. The van der Waals surface area contributed by atoms with Crippen LogP contribution in [-0.2, 0) is 11.3 Å². The number of carboxylic acid groups (broad SMARTS) is 1. The number of oxazole rings is 1. The van der Waals surface area contributed by atoms with Gasteiger partial charge in [-0.05, 0) is 25.1 Å². The summed E-state index contributed by atoms with van der Waals surface area (Å²) in [5, 5.41) is 10.9. The number of aryl methyl sites for hydroxylation is 1. The summed E-state index contributed by atoms with van der Waals surface area (Å²) >= 11 is 6.25. The fourth-order valence-corrected chi connectivity index (χ4v) is 2.64. The number of rotatable bonds is 6. The van der Waals surface area contributed by atoms with Crippen LogP contribution in [0.25, 0.3) is 11.1 Å². The van der Waals surface area contributed by atoms with E-state index in [9.17, 15) is 14.7 Å². The number of halogens is 1. The van der Waals surface area contributed by atoms with Crippen molar-refractivity contribution in [2.75, 3.05) is 0 Å². The highest BCUT2D eigenvalue weighted by Gasteiger charge is 2.16. The highest BCUT2D eigenvalue weighted by atomic mass is 35.5. The first-order valence-corrected chi connectivity index (χ1v) is 7.94. The Morgan fingerprint density at radius 3 is 2.92 bits per heavy atom. The number of hydrogen-bond acceptors (Lipinski definition) is 6. The maximum Gasteiger partial charge on any atom is 0.419 e. The molecule has 25 heavy (non-hydrogen) atoms. The highest BCUT2D eigenvalue weighted by Crippen LogP contribution is 2.32. The summed E-state index contributed by atoms with van der Waals surface area (Å²) in [4.78, 5) is 26.7. The van der Waals surface area contributed by atoms with Gasteiger partial charge >= 0.3 is 5.76 Å². The van der Waals surface area contributed by atoms with Crippen LogP contribution in [0.4, 0.5) is 0 Å². The van der Waals surface area contributed by atoms with E-state index in [4.69, 9.17) is 20.8 Å². The van der Waals surface area contributed by atoms with E-state index >= 15 is 0 Å². The molecule has 7 nitrogen and oxygen atoms in total. The summed E-state index contributed by atoms with van der Waals surface area (Å²) in [6.07, 6.45) is 1.00. The number of aliphatic carboxylic acids is 1. The molecule has 8 heteroatoms. The SMILES string of the molecule is C[C@@H](Oc1cc2oc(=O)n(CCC(=O)[O-])c2cc1Cl)c1ccccn1. The molecule has 0 N–H and O–H groups in total. The van der Waals surface area contributed by atoms with Crippen LogP contribution < -0.4 is 15.6 Å². The summed E-state index contributed by atoms with van der Waals surface area (Å²) in [5.41, 5.74) is 1.39. The van der Waals surface area contributed by atoms with Gasteiger partial charge in [0.2, 0.25) is 0 Å². The van der Waals surface area contributed by atoms with E-state index in [0.717, 1.165) is 5.69 Å². The van der Waals surface area contributed by atoms with Gasteiger partial charge in [0.25, 0.3) is 0 Å². The Bertz CT molecular complexity index is 964. The molecule has 0 aliphatic carbocycles. The lowest BCUT2D eigenvalue weighted by molar-refractivity contribution is -0.305. The maximum absolute atomic E-state index is 11.9. The molecule has 0 radical (unpaired) electrons. The predicted molar refractivity (Wildman–Crippen MR) is 88.4 cm³/mol. The molecule has 3 rings (SSSR count). The Morgan fingerprint density at radius 2 is 2.24 bits per heavy atom. The van der Waals surface area contributed by atoms with Crippen LogP contribution in [0.3, 0.4) is 0 Å². The second-order valence-corrected chi connectivity index (χ2v) is 5.81. The first-order chi connectivity index (χ1) is 12.0. The van der Waals surface area contributed by atoms with Crippen LogP contribution in [-0.4, -0.2) is 15.5 Å². The Hall–Kier alpha value is -2.80. The number of carboxylic acids is 1. The van der Waals surface area contributed by atoms with Crippen molar-refractivity contribution in [3.8, 4) is 5.75 Å². The minimum absolute atomic E-state index is 0.0605. The molecule has 0 fully saturated rings. The number of benzene rings is 1. The van der Waals surface area contributed by atoms with Crippen molar-refractivity contribution in [1.82, 2.24) is 9.55 Å². The number of pyridine rings is 1. The van der Waals surface area contributed by atoms with Gasteiger partial charge in [-0.15, -0.1) is 0 Å². The van der Waals surface area contributed by atoms with Crippen molar-refractivity contribution in [2.24, 2.45) is 0 Å². The number of carbonyl (C=O) groups excluding carboxylic acids is 1. The van der Waals surface area contributed by atoms with Gasteiger partial charge < -0.3 is 19.1 Å². The van der Waals surface area contributed by atoms with Gasteiger partial charge in [-0.2, -0.15) is 0 Å². The lowest BCUT2D eigenvalue weighted by Crippen LogP contribution is -2.25. The van der Waals surface area contributed by atoms with Crippen molar-refractivity contribution in [2.45, 2.75) is 26.0 Å². The second kappa shape index (κ2) is 6.98. The third kappa shape index (κ3) is 3.66. The number of ether oxygens (including phenoxy) is 1. The van der Waals surface area contributed by atoms with E-state index < -0.39 is 11.7 Å². The molecule has 130 valence electrons. The van der Waals surface area contributed by atoms with Crippen molar-refractivity contribution in [3.05, 3.63) is 57.8 Å². The Balaban J connectivity index is 1.92. The lowest BCUT2D eigenvalue weighted by atomic mass is 10.2. The molecule has 0 aliphatic rings. The van der Waals surface area contributed by atoms with Crippen molar-refractivity contribution in [3.63, 3.8) is 0 Å². The van der Waals surface area contributed by atoms with Crippen LogP contribution in [0, 0.1) is 0 Å². The quantitative estimate of drug-likeness (QED) is 0.665. The highest BCUT2D eigenvalue weighted by molar-refractivity contribution is 6.32. The average molecular weight is 362 g/mol. The maximum atomic E-state index is 11.9. The van der Waals surface area contributed by atoms with Crippen LogP contribution >= 0.6 is 11.6 Å². The smallest absolute Gasteiger partial charge is 0.419 e. The van der Waals surface area contributed by atoms with Crippen molar-refractivity contribution >= 4 is 28.7 Å². The summed E-state index contributed by atoms with van der Waals surface area (Å²) in [5.74, 6) is -1.58. The van der Waals surface area contributed by atoms with Crippen molar-refractivity contribution in [1.29, 1.82) is 0 Å². The van der Waals surface area contributed by atoms with Gasteiger partial charge in [-0.3, -0.25) is 9.55 Å². The van der Waals surface area contributed by atoms with E-state index in [-0.39, 0.29) is 29.7 Å². The molecular weight excluding hydrogens is 348 g/mol. The minimum Gasteiger partial charge on any atom is -0.550 e. The summed E-state index contributed by atoms with van der Waals surface area (Å²) in [6, 6.07) is 8.50. The number of carbonyl (C=O) groups is 1. The fraction of sp³-hybridized carbons (Fsp3) is 0.235. The number of fused-ring (bicyclic) bond motifs is 1. The summed E-state index contributed by atoms with van der Waals surface area (Å²) in [6.45, 7) is 1.76. The van der Waals surface area contributed by atoms with Gasteiger partial charge in [0.15, 0.2) is 5.58 Å². The Morgan fingerprint density at radius 1 is 1.44 bits per heavy atom. The molecule has 0 saturated heterocycles. The molecule has 0 unspecified atom stereocenters. The molecule has 0 spiro atoms. The van der Waals surface area contributed by atoms with E-state index in [1.807, 2.05) is 19.1 Å². The van der Waals surface area contributed by atoms with Crippen molar-refractivity contribution < 1.29 is 19.1 Å². The van der Waals surface area contributed by atoms with Gasteiger partial charge in [0, 0.05) is 31.2 Å².